The lowest BCUT2D eigenvalue weighted by atomic mass is 10.2. The monoisotopic (exact) mass is 306 g/mol. The fraction of sp³-hybridized carbons (Fsp3) is 0.438. The lowest BCUT2D eigenvalue weighted by molar-refractivity contribution is 0.145. The summed E-state index contributed by atoms with van der Waals surface area (Å²) in [7, 11) is 2.13. The van der Waals surface area contributed by atoms with Gasteiger partial charge in [0, 0.05) is 51.5 Å². The maximum atomic E-state index is 13.3. The molecule has 3 rings (SSSR count). The molecule has 0 bridgehead atoms. The van der Waals surface area contributed by atoms with Gasteiger partial charge in [-0.05, 0) is 24.7 Å². The molecular weight excluding hydrogens is 286 g/mol. The average molecular weight is 306 g/mol. The number of imidazole rings is 1. The van der Waals surface area contributed by atoms with Crippen molar-refractivity contribution >= 4 is 0 Å². The second kappa shape index (κ2) is 6.54. The van der Waals surface area contributed by atoms with Gasteiger partial charge in [-0.2, -0.15) is 0 Å². The maximum Gasteiger partial charge on any atom is 0.126 e. The topological polar surface area (TPSA) is 24.3 Å². The van der Waals surface area contributed by atoms with Crippen molar-refractivity contribution in [2.45, 2.75) is 13.1 Å². The van der Waals surface area contributed by atoms with Gasteiger partial charge in [0.2, 0.25) is 0 Å². The van der Waals surface area contributed by atoms with E-state index in [4.69, 9.17) is 0 Å². The third-order valence-corrected chi connectivity index (χ3v) is 4.06. The van der Waals surface area contributed by atoms with E-state index in [1.54, 1.807) is 6.33 Å². The molecule has 22 heavy (non-hydrogen) atoms. The Morgan fingerprint density at radius 3 is 2.36 bits per heavy atom. The lowest BCUT2D eigenvalue weighted by Gasteiger charge is -2.32. The zero-order chi connectivity index (χ0) is 15.5. The normalized spacial score (nSPS) is 17.0. The molecule has 0 amide bonds. The highest BCUT2D eigenvalue weighted by atomic mass is 19.1. The van der Waals surface area contributed by atoms with Crippen molar-refractivity contribution in [2.75, 3.05) is 33.2 Å². The molecule has 1 aliphatic rings. The van der Waals surface area contributed by atoms with Crippen LogP contribution in [0, 0.1) is 11.6 Å². The van der Waals surface area contributed by atoms with Gasteiger partial charge in [0.05, 0.1) is 12.0 Å². The second-order valence-corrected chi connectivity index (χ2v) is 5.87. The predicted molar refractivity (Wildman–Crippen MR) is 80.5 cm³/mol. The fourth-order valence-electron chi connectivity index (χ4n) is 2.76. The van der Waals surface area contributed by atoms with Crippen LogP contribution in [-0.4, -0.2) is 52.6 Å². The fourth-order valence-corrected chi connectivity index (χ4v) is 2.76. The molecule has 118 valence electrons. The van der Waals surface area contributed by atoms with Crippen molar-refractivity contribution in [3.8, 4) is 0 Å². The Bertz CT molecular complexity index is 613. The van der Waals surface area contributed by atoms with Gasteiger partial charge in [-0.3, -0.25) is 4.90 Å². The first-order valence-corrected chi connectivity index (χ1v) is 7.45. The molecule has 2 heterocycles. The van der Waals surface area contributed by atoms with Crippen molar-refractivity contribution in [1.29, 1.82) is 0 Å². The van der Waals surface area contributed by atoms with Gasteiger partial charge in [0.25, 0.3) is 0 Å². The number of hydrogen-bond donors (Lipinski definition) is 0. The average Bonchev–Trinajstić information content (AvgIpc) is 2.87. The molecule has 0 N–H and O–H groups in total. The first-order valence-electron chi connectivity index (χ1n) is 7.45. The molecule has 0 spiro atoms. The number of halogens is 2. The van der Waals surface area contributed by atoms with Gasteiger partial charge < -0.3 is 9.47 Å². The van der Waals surface area contributed by atoms with Crippen LogP contribution in [-0.2, 0) is 13.1 Å². The highest BCUT2D eigenvalue weighted by Gasteiger charge is 2.15. The van der Waals surface area contributed by atoms with Crippen LogP contribution in [0.25, 0.3) is 0 Å². The van der Waals surface area contributed by atoms with E-state index in [0.29, 0.717) is 12.1 Å². The quantitative estimate of drug-likeness (QED) is 0.863. The van der Waals surface area contributed by atoms with Crippen LogP contribution in [0.15, 0.2) is 30.7 Å². The maximum absolute atomic E-state index is 13.3. The summed E-state index contributed by atoms with van der Waals surface area (Å²) in [5, 5.41) is 0. The van der Waals surface area contributed by atoms with Gasteiger partial charge in [-0.25, -0.2) is 13.8 Å². The van der Waals surface area contributed by atoms with Crippen molar-refractivity contribution < 1.29 is 8.78 Å². The number of piperazine rings is 1. The first kappa shape index (κ1) is 15.1. The summed E-state index contributed by atoms with van der Waals surface area (Å²) in [5.74, 6) is -1.09. The molecule has 1 aromatic carbocycles. The van der Waals surface area contributed by atoms with E-state index in [1.165, 1.54) is 12.1 Å². The first-order chi connectivity index (χ1) is 10.6. The Hall–Kier alpha value is -1.79. The molecule has 0 radical (unpaired) electrons. The summed E-state index contributed by atoms with van der Waals surface area (Å²) in [4.78, 5) is 8.87. The van der Waals surface area contributed by atoms with Crippen molar-refractivity contribution in [2.24, 2.45) is 0 Å². The van der Waals surface area contributed by atoms with Crippen molar-refractivity contribution in [1.82, 2.24) is 19.4 Å². The molecular formula is C16H20F2N4. The van der Waals surface area contributed by atoms with Crippen LogP contribution >= 0.6 is 0 Å². The number of nitrogens with zero attached hydrogens (tertiary/aromatic N) is 4. The third kappa shape index (κ3) is 3.69. The minimum Gasteiger partial charge on any atom is -0.329 e. The molecule has 0 atom stereocenters. The lowest BCUT2D eigenvalue weighted by Crippen LogP contribution is -2.44. The highest BCUT2D eigenvalue weighted by Crippen LogP contribution is 2.13. The van der Waals surface area contributed by atoms with Gasteiger partial charge in [-0.1, -0.05) is 0 Å². The summed E-state index contributed by atoms with van der Waals surface area (Å²) >= 11 is 0. The molecule has 0 aliphatic carbocycles. The SMILES string of the molecule is CN1CCN(Cc2cncn2Cc2cc(F)cc(F)c2)CC1. The van der Waals surface area contributed by atoms with E-state index < -0.39 is 11.6 Å². The Balaban J connectivity index is 1.69. The van der Waals surface area contributed by atoms with E-state index in [-0.39, 0.29) is 0 Å². The predicted octanol–water partition coefficient (Wildman–Crippen LogP) is 1.96. The third-order valence-electron chi connectivity index (χ3n) is 4.06. The highest BCUT2D eigenvalue weighted by molar-refractivity contribution is 5.19. The van der Waals surface area contributed by atoms with E-state index >= 15 is 0 Å². The minimum absolute atomic E-state index is 0.428. The van der Waals surface area contributed by atoms with Gasteiger partial charge in [-0.15, -0.1) is 0 Å². The second-order valence-electron chi connectivity index (χ2n) is 5.87. The van der Waals surface area contributed by atoms with Crippen LogP contribution in [0.2, 0.25) is 0 Å². The van der Waals surface area contributed by atoms with Crippen LogP contribution < -0.4 is 0 Å². The van der Waals surface area contributed by atoms with E-state index in [1.807, 2.05) is 10.8 Å². The largest absolute Gasteiger partial charge is 0.329 e. The van der Waals surface area contributed by atoms with Gasteiger partial charge in [0.1, 0.15) is 11.6 Å². The van der Waals surface area contributed by atoms with E-state index in [9.17, 15) is 8.78 Å². The molecule has 2 aromatic rings. The number of benzene rings is 1. The van der Waals surface area contributed by atoms with Gasteiger partial charge >= 0.3 is 0 Å². The zero-order valence-corrected chi connectivity index (χ0v) is 12.7. The standard InChI is InChI=1S/C16H20F2N4/c1-20-2-4-21(5-3-20)11-16-9-19-12-22(16)10-13-6-14(17)8-15(18)7-13/h6-9,12H,2-5,10-11H2,1H3. The Kier molecular flexibility index (Phi) is 4.49. The summed E-state index contributed by atoms with van der Waals surface area (Å²) in [5.41, 5.74) is 1.67. The molecule has 4 nitrogen and oxygen atoms in total. The summed E-state index contributed by atoms with van der Waals surface area (Å²) in [6, 6.07) is 3.62. The van der Waals surface area contributed by atoms with E-state index in [0.717, 1.165) is 44.5 Å². The van der Waals surface area contributed by atoms with E-state index in [2.05, 4.69) is 21.8 Å². The smallest absolute Gasteiger partial charge is 0.126 e. The molecule has 0 unspecified atom stereocenters. The summed E-state index contributed by atoms with van der Waals surface area (Å²) in [6.07, 6.45) is 3.54. The molecule has 1 saturated heterocycles. The van der Waals surface area contributed by atoms with Crippen molar-refractivity contribution in [3.63, 3.8) is 0 Å². The number of hydrogen-bond acceptors (Lipinski definition) is 3. The van der Waals surface area contributed by atoms with Crippen LogP contribution in [0.5, 0.6) is 0 Å². The molecule has 1 fully saturated rings. The Morgan fingerprint density at radius 2 is 1.68 bits per heavy atom. The Morgan fingerprint density at radius 1 is 1.00 bits per heavy atom. The molecule has 0 saturated carbocycles. The number of likely N-dealkylation sites (N-methyl/N-ethyl adjacent to an activating group) is 1. The Labute approximate surface area is 129 Å². The van der Waals surface area contributed by atoms with Gasteiger partial charge in [0.15, 0.2) is 0 Å². The van der Waals surface area contributed by atoms with Crippen molar-refractivity contribution in [3.05, 3.63) is 53.6 Å². The minimum atomic E-state index is -0.546. The molecule has 1 aromatic heterocycles. The summed E-state index contributed by atoms with van der Waals surface area (Å²) in [6.45, 7) is 5.41. The number of rotatable bonds is 4. The zero-order valence-electron chi connectivity index (χ0n) is 12.7. The molecule has 1 aliphatic heterocycles. The van der Waals surface area contributed by atoms with Crippen LogP contribution in [0.4, 0.5) is 8.78 Å². The summed E-state index contributed by atoms with van der Waals surface area (Å²) < 4.78 is 28.5. The van der Waals surface area contributed by atoms with Crippen LogP contribution in [0.3, 0.4) is 0 Å². The molecule has 6 heteroatoms. The van der Waals surface area contributed by atoms with Crippen LogP contribution in [0.1, 0.15) is 11.3 Å². The number of aromatic nitrogens is 2.